The van der Waals surface area contributed by atoms with Gasteiger partial charge in [-0.25, -0.2) is 0 Å². The quantitative estimate of drug-likeness (QED) is 0.320. The van der Waals surface area contributed by atoms with Crippen LogP contribution in [-0.4, -0.2) is 20.4 Å². The lowest BCUT2D eigenvalue weighted by Crippen LogP contribution is -3.00. The summed E-state index contributed by atoms with van der Waals surface area (Å²) in [4.78, 5) is 0. The zero-order valence-corrected chi connectivity index (χ0v) is 12.7. The molecule has 118 valence electrons. The van der Waals surface area contributed by atoms with Crippen molar-refractivity contribution in [2.45, 2.75) is 13.0 Å². The Morgan fingerprint density at radius 3 is 2.22 bits per heavy atom. The first kappa shape index (κ1) is 15.2. The SMILES string of the molecule is Oc1cc2c(cc1O)-c1ccc3cc(O)c(O)cc3[n+]1CC2.[Cl-]. The topological polar surface area (TPSA) is 84.8 Å². The number of phenolic OH excluding ortho intramolecular Hbond substituents is 4. The number of hydrogen-bond donors (Lipinski definition) is 4. The van der Waals surface area contributed by atoms with Crippen LogP contribution in [0.2, 0.25) is 0 Å². The van der Waals surface area contributed by atoms with E-state index in [0.29, 0.717) is 13.0 Å². The maximum Gasteiger partial charge on any atom is 0.217 e. The molecule has 6 heteroatoms. The van der Waals surface area contributed by atoms with Crippen LogP contribution in [0.3, 0.4) is 0 Å². The van der Waals surface area contributed by atoms with Crippen LogP contribution in [0.15, 0.2) is 36.4 Å². The number of aromatic hydroxyl groups is 4. The molecule has 0 amide bonds. The molecule has 1 aromatic heterocycles. The minimum absolute atomic E-state index is 0. The van der Waals surface area contributed by atoms with Gasteiger partial charge in [-0.2, -0.15) is 4.57 Å². The van der Waals surface area contributed by atoms with E-state index in [1.165, 1.54) is 6.07 Å². The second-order valence-corrected chi connectivity index (χ2v) is 5.52. The lowest BCUT2D eigenvalue weighted by Gasteiger charge is -2.17. The molecule has 1 aliphatic heterocycles. The number of benzene rings is 2. The van der Waals surface area contributed by atoms with E-state index < -0.39 is 0 Å². The summed E-state index contributed by atoms with van der Waals surface area (Å²) >= 11 is 0. The van der Waals surface area contributed by atoms with Gasteiger partial charge in [-0.3, -0.25) is 0 Å². The van der Waals surface area contributed by atoms with Gasteiger partial charge in [0.2, 0.25) is 11.2 Å². The second-order valence-electron chi connectivity index (χ2n) is 5.52. The largest absolute Gasteiger partial charge is 1.00 e. The fourth-order valence-electron chi connectivity index (χ4n) is 3.11. The van der Waals surface area contributed by atoms with Crippen molar-refractivity contribution in [3.63, 3.8) is 0 Å². The minimum atomic E-state index is -0.159. The first-order chi connectivity index (χ1) is 10.5. The van der Waals surface area contributed by atoms with Gasteiger partial charge in [0.1, 0.15) is 0 Å². The summed E-state index contributed by atoms with van der Waals surface area (Å²) < 4.78 is 2.04. The molecular formula is C17H14ClNO4. The van der Waals surface area contributed by atoms with Crippen LogP contribution in [0.4, 0.5) is 0 Å². The molecular weight excluding hydrogens is 318 g/mol. The molecule has 23 heavy (non-hydrogen) atoms. The lowest BCUT2D eigenvalue weighted by atomic mass is 9.95. The number of aromatic nitrogens is 1. The van der Waals surface area contributed by atoms with E-state index in [-0.39, 0.29) is 35.4 Å². The number of nitrogens with zero attached hydrogens (tertiary/aromatic N) is 1. The van der Waals surface area contributed by atoms with Gasteiger partial charge in [0.25, 0.3) is 0 Å². The molecule has 0 saturated carbocycles. The Hall–Kier alpha value is -2.66. The van der Waals surface area contributed by atoms with E-state index in [1.54, 1.807) is 18.2 Å². The van der Waals surface area contributed by atoms with Crippen LogP contribution in [0.1, 0.15) is 5.56 Å². The predicted octanol–water partition coefficient (Wildman–Crippen LogP) is -0.823. The standard InChI is InChI=1S/C17H13NO4.ClH/c19-14-5-9-3-4-18-12(11(9)7-16(14)21)2-1-10-6-15(20)17(22)8-13(10)18;/h1-2,5-8H,3-4H2,(H3,19,20,21,22);1H. The Morgan fingerprint density at radius 2 is 1.43 bits per heavy atom. The highest BCUT2D eigenvalue weighted by atomic mass is 35.5. The number of hydrogen-bond acceptors (Lipinski definition) is 4. The Labute approximate surface area is 138 Å². The van der Waals surface area contributed by atoms with E-state index in [0.717, 1.165) is 27.7 Å². The number of pyridine rings is 1. The molecule has 0 spiro atoms. The van der Waals surface area contributed by atoms with Gasteiger partial charge in [0.15, 0.2) is 29.5 Å². The van der Waals surface area contributed by atoms with Crippen molar-refractivity contribution in [2.24, 2.45) is 0 Å². The average molecular weight is 332 g/mol. The number of halogens is 1. The molecule has 3 aromatic rings. The fraction of sp³-hybridized carbons (Fsp3) is 0.118. The normalized spacial score (nSPS) is 12.3. The maximum absolute atomic E-state index is 9.76. The van der Waals surface area contributed by atoms with E-state index in [4.69, 9.17) is 0 Å². The van der Waals surface area contributed by atoms with Crippen molar-refractivity contribution >= 4 is 10.9 Å². The third kappa shape index (κ3) is 2.21. The zero-order valence-electron chi connectivity index (χ0n) is 12.0. The van der Waals surface area contributed by atoms with Crippen LogP contribution in [0.5, 0.6) is 23.0 Å². The number of fused-ring (bicyclic) bond motifs is 5. The van der Waals surface area contributed by atoms with Crippen molar-refractivity contribution in [2.75, 3.05) is 0 Å². The molecule has 0 saturated heterocycles. The molecule has 0 unspecified atom stereocenters. The third-order valence-electron chi connectivity index (χ3n) is 4.21. The number of rotatable bonds is 0. The van der Waals surface area contributed by atoms with Crippen molar-refractivity contribution in [1.29, 1.82) is 0 Å². The number of aryl methyl sites for hydroxylation is 2. The van der Waals surface area contributed by atoms with Crippen LogP contribution < -0.4 is 17.0 Å². The highest BCUT2D eigenvalue weighted by molar-refractivity contribution is 5.82. The Morgan fingerprint density at radius 1 is 0.783 bits per heavy atom. The lowest BCUT2D eigenvalue weighted by molar-refractivity contribution is -0.661. The molecule has 1 aliphatic rings. The minimum Gasteiger partial charge on any atom is -1.00 e. The first-order valence-electron chi connectivity index (χ1n) is 6.98. The van der Waals surface area contributed by atoms with Gasteiger partial charge < -0.3 is 32.8 Å². The highest BCUT2D eigenvalue weighted by Gasteiger charge is 2.27. The Balaban J connectivity index is 0.00000156. The monoisotopic (exact) mass is 331 g/mol. The average Bonchev–Trinajstić information content (AvgIpc) is 2.49. The van der Waals surface area contributed by atoms with Crippen molar-refractivity contribution in [3.05, 3.63) is 42.0 Å². The first-order valence-corrected chi connectivity index (χ1v) is 6.98. The summed E-state index contributed by atoms with van der Waals surface area (Å²) in [5.74, 6) is -0.573. The van der Waals surface area contributed by atoms with Gasteiger partial charge in [-0.15, -0.1) is 0 Å². The van der Waals surface area contributed by atoms with Gasteiger partial charge in [-0.1, -0.05) is 0 Å². The summed E-state index contributed by atoms with van der Waals surface area (Å²) in [6, 6.07) is 9.99. The Kier molecular flexibility index (Phi) is 3.45. The van der Waals surface area contributed by atoms with Crippen molar-refractivity contribution in [1.82, 2.24) is 0 Å². The zero-order chi connectivity index (χ0) is 15.4. The van der Waals surface area contributed by atoms with Crippen molar-refractivity contribution in [3.8, 4) is 34.3 Å². The van der Waals surface area contributed by atoms with Gasteiger partial charge in [0, 0.05) is 12.5 Å². The second kappa shape index (κ2) is 5.21. The summed E-state index contributed by atoms with van der Waals surface area (Å²) in [6.07, 6.45) is 0.710. The van der Waals surface area contributed by atoms with E-state index in [1.807, 2.05) is 16.7 Å². The molecule has 2 heterocycles. The smallest absolute Gasteiger partial charge is 0.217 e. The molecule has 0 aliphatic carbocycles. The highest BCUT2D eigenvalue weighted by Crippen LogP contribution is 2.37. The molecule has 2 aromatic carbocycles. The third-order valence-corrected chi connectivity index (χ3v) is 4.21. The van der Waals surface area contributed by atoms with Crippen LogP contribution in [0, 0.1) is 0 Å². The molecule has 0 atom stereocenters. The molecule has 5 nitrogen and oxygen atoms in total. The van der Waals surface area contributed by atoms with E-state index in [2.05, 4.69) is 0 Å². The molecule has 4 rings (SSSR count). The van der Waals surface area contributed by atoms with Crippen molar-refractivity contribution < 1.29 is 37.4 Å². The molecule has 0 radical (unpaired) electrons. The maximum atomic E-state index is 9.76. The van der Waals surface area contributed by atoms with Crippen LogP contribution in [-0.2, 0) is 13.0 Å². The fourth-order valence-corrected chi connectivity index (χ4v) is 3.11. The summed E-state index contributed by atoms with van der Waals surface area (Å²) in [7, 11) is 0. The van der Waals surface area contributed by atoms with Gasteiger partial charge >= 0.3 is 0 Å². The molecule has 0 fully saturated rings. The Bertz CT molecular complexity index is 940. The predicted molar refractivity (Wildman–Crippen MR) is 79.9 cm³/mol. The van der Waals surface area contributed by atoms with Gasteiger partial charge in [-0.05, 0) is 29.8 Å². The number of phenols is 4. The molecule has 0 bridgehead atoms. The summed E-state index contributed by atoms with van der Waals surface area (Å²) in [6.45, 7) is 0.689. The summed E-state index contributed by atoms with van der Waals surface area (Å²) in [5.41, 5.74) is 3.54. The molecule has 4 N–H and O–H groups in total. The van der Waals surface area contributed by atoms with Gasteiger partial charge in [0.05, 0.1) is 17.0 Å². The van der Waals surface area contributed by atoms with Crippen LogP contribution >= 0.6 is 0 Å². The van der Waals surface area contributed by atoms with E-state index >= 15 is 0 Å². The van der Waals surface area contributed by atoms with Crippen LogP contribution in [0.25, 0.3) is 22.2 Å². The summed E-state index contributed by atoms with van der Waals surface area (Å²) in [5, 5.41) is 39.6. The van der Waals surface area contributed by atoms with E-state index in [9.17, 15) is 20.4 Å².